The van der Waals surface area contributed by atoms with Crippen molar-refractivity contribution in [1.29, 1.82) is 5.26 Å². The average Bonchev–Trinajstić information content (AvgIpc) is 3.23. The van der Waals surface area contributed by atoms with Crippen molar-refractivity contribution in [2.24, 2.45) is 11.7 Å². The van der Waals surface area contributed by atoms with E-state index in [4.69, 9.17) is 10.2 Å². The maximum absolute atomic E-state index is 11.6. The molecule has 0 saturated carbocycles. The third-order valence-electron chi connectivity index (χ3n) is 3.89. The summed E-state index contributed by atoms with van der Waals surface area (Å²) in [5.74, 6) is 0.592. The molecule has 0 saturated heterocycles. The van der Waals surface area contributed by atoms with Gasteiger partial charge in [-0.15, -0.1) is 5.10 Å². The van der Waals surface area contributed by atoms with Gasteiger partial charge >= 0.3 is 0 Å². The zero-order chi connectivity index (χ0) is 18.0. The highest BCUT2D eigenvalue weighted by molar-refractivity contribution is 5.78. The van der Waals surface area contributed by atoms with Crippen LogP contribution in [-0.2, 0) is 4.79 Å². The molecule has 3 aromatic rings. The Morgan fingerprint density at radius 1 is 1.24 bits per heavy atom. The van der Waals surface area contributed by atoms with Gasteiger partial charge in [-0.3, -0.25) is 4.79 Å². The number of hydrogen-bond acceptors (Lipinski definition) is 5. The summed E-state index contributed by atoms with van der Waals surface area (Å²) in [6, 6.07) is 12.3. The summed E-state index contributed by atoms with van der Waals surface area (Å²) in [5.41, 5.74) is 7.18. The van der Waals surface area contributed by atoms with Gasteiger partial charge in [-0.2, -0.15) is 5.26 Å². The van der Waals surface area contributed by atoms with E-state index in [0.29, 0.717) is 28.3 Å². The Hall–Kier alpha value is -3.40. The number of carbonyl (C=O) groups is 1. The molecule has 2 heterocycles. The van der Waals surface area contributed by atoms with Gasteiger partial charge in [0.05, 0.1) is 17.8 Å². The van der Waals surface area contributed by atoms with E-state index in [1.54, 1.807) is 30.5 Å². The van der Waals surface area contributed by atoms with Gasteiger partial charge in [-0.05, 0) is 30.2 Å². The molecule has 2 N–H and O–H groups in total. The number of amides is 1. The number of furan rings is 1. The number of nitriles is 1. The van der Waals surface area contributed by atoms with E-state index < -0.39 is 11.9 Å². The minimum atomic E-state index is -0.574. The predicted octanol–water partition coefficient (Wildman–Crippen LogP) is 2.76. The second-order valence-corrected chi connectivity index (χ2v) is 6.00. The smallest absolute Gasteiger partial charge is 0.242 e. The Balaban J connectivity index is 1.94. The van der Waals surface area contributed by atoms with E-state index in [-0.39, 0.29) is 5.92 Å². The summed E-state index contributed by atoms with van der Waals surface area (Å²) < 4.78 is 7.28. The average molecular weight is 335 g/mol. The van der Waals surface area contributed by atoms with Crippen LogP contribution in [0, 0.1) is 17.2 Å². The number of primary amides is 1. The Morgan fingerprint density at radius 2 is 1.96 bits per heavy atom. The van der Waals surface area contributed by atoms with Crippen LogP contribution >= 0.6 is 0 Å². The lowest BCUT2D eigenvalue weighted by molar-refractivity contribution is -0.122. The number of hydrogen-bond donors (Lipinski definition) is 1. The van der Waals surface area contributed by atoms with Crippen LogP contribution in [0.25, 0.3) is 22.8 Å². The quantitative estimate of drug-likeness (QED) is 0.770. The van der Waals surface area contributed by atoms with Gasteiger partial charge in [0, 0.05) is 5.56 Å². The first-order valence-electron chi connectivity index (χ1n) is 7.82. The molecule has 0 spiro atoms. The normalized spacial score (nSPS) is 12.1. The van der Waals surface area contributed by atoms with Gasteiger partial charge in [0.15, 0.2) is 5.76 Å². The molecule has 2 aromatic heterocycles. The lowest BCUT2D eigenvalue weighted by Gasteiger charge is -2.16. The summed E-state index contributed by atoms with van der Waals surface area (Å²) >= 11 is 0. The highest BCUT2D eigenvalue weighted by Crippen LogP contribution is 2.30. The second kappa shape index (κ2) is 6.61. The fraction of sp³-hybridized carbons (Fsp3) is 0.222. The van der Waals surface area contributed by atoms with E-state index in [1.165, 1.54) is 4.68 Å². The first-order valence-corrected chi connectivity index (χ1v) is 7.82. The number of aromatic nitrogens is 3. The van der Waals surface area contributed by atoms with Crippen LogP contribution in [0.1, 0.15) is 25.5 Å². The Bertz CT molecular complexity index is 948. The topological polar surface area (TPSA) is 111 Å². The van der Waals surface area contributed by atoms with Gasteiger partial charge in [0.25, 0.3) is 0 Å². The Kier molecular flexibility index (Phi) is 4.35. The lowest BCUT2D eigenvalue weighted by atomic mass is 10.0. The fourth-order valence-corrected chi connectivity index (χ4v) is 2.71. The van der Waals surface area contributed by atoms with Crippen LogP contribution in [0.2, 0.25) is 0 Å². The first-order chi connectivity index (χ1) is 12.0. The van der Waals surface area contributed by atoms with E-state index in [9.17, 15) is 10.1 Å². The first kappa shape index (κ1) is 16.5. The molecule has 0 fully saturated rings. The molecule has 1 atom stereocenters. The number of benzene rings is 1. The van der Waals surface area contributed by atoms with E-state index in [1.807, 2.05) is 26.0 Å². The maximum atomic E-state index is 11.6. The SMILES string of the molecule is CC(C)[C@@H](C(N)=O)n1cc(-c2ccc(-c3ccccc3C#N)o2)nn1. The minimum Gasteiger partial charge on any atom is -0.454 e. The van der Waals surface area contributed by atoms with Crippen LogP contribution in [0.4, 0.5) is 0 Å². The van der Waals surface area contributed by atoms with E-state index in [0.717, 1.165) is 0 Å². The van der Waals surface area contributed by atoms with Crippen LogP contribution in [0.15, 0.2) is 47.0 Å². The summed E-state index contributed by atoms with van der Waals surface area (Å²) in [4.78, 5) is 11.6. The van der Waals surface area contributed by atoms with Gasteiger partial charge in [0.1, 0.15) is 17.5 Å². The highest BCUT2D eigenvalue weighted by Gasteiger charge is 2.24. The third-order valence-corrected chi connectivity index (χ3v) is 3.89. The maximum Gasteiger partial charge on any atom is 0.242 e. The summed E-state index contributed by atoms with van der Waals surface area (Å²) in [5, 5.41) is 17.3. The molecule has 25 heavy (non-hydrogen) atoms. The molecular weight excluding hydrogens is 318 g/mol. The predicted molar refractivity (Wildman–Crippen MR) is 90.9 cm³/mol. The molecule has 3 rings (SSSR count). The van der Waals surface area contributed by atoms with Crippen molar-refractivity contribution < 1.29 is 9.21 Å². The summed E-state index contributed by atoms with van der Waals surface area (Å²) in [7, 11) is 0. The zero-order valence-corrected chi connectivity index (χ0v) is 13.9. The molecule has 7 heteroatoms. The number of carbonyl (C=O) groups excluding carboxylic acids is 1. The van der Waals surface area contributed by atoms with E-state index >= 15 is 0 Å². The molecule has 0 radical (unpaired) electrons. The van der Waals surface area contributed by atoms with Crippen LogP contribution in [-0.4, -0.2) is 20.9 Å². The van der Waals surface area contributed by atoms with Gasteiger partial charge < -0.3 is 10.2 Å². The lowest BCUT2D eigenvalue weighted by Crippen LogP contribution is -2.30. The van der Waals surface area contributed by atoms with Gasteiger partial charge in [0.2, 0.25) is 5.91 Å². The largest absolute Gasteiger partial charge is 0.454 e. The van der Waals surface area contributed by atoms with Crippen molar-refractivity contribution >= 4 is 5.91 Å². The van der Waals surface area contributed by atoms with Crippen molar-refractivity contribution in [2.75, 3.05) is 0 Å². The Morgan fingerprint density at radius 3 is 2.64 bits per heavy atom. The standard InChI is InChI=1S/C18H17N5O2/c1-11(2)17(18(20)24)23-10-14(21-22-23)16-8-7-15(25-16)13-6-4-3-5-12(13)9-19/h3-8,10-11,17H,1-2H3,(H2,20,24)/t17-/m0/s1. The van der Waals surface area contributed by atoms with Crippen LogP contribution in [0.5, 0.6) is 0 Å². The number of nitrogens with zero attached hydrogens (tertiary/aromatic N) is 4. The van der Waals surface area contributed by atoms with Crippen molar-refractivity contribution in [3.63, 3.8) is 0 Å². The molecule has 0 bridgehead atoms. The molecule has 0 aliphatic carbocycles. The van der Waals surface area contributed by atoms with Gasteiger partial charge in [-0.1, -0.05) is 31.2 Å². The molecule has 7 nitrogen and oxygen atoms in total. The molecule has 1 amide bonds. The van der Waals surface area contributed by atoms with Crippen molar-refractivity contribution in [1.82, 2.24) is 15.0 Å². The Labute approximate surface area is 144 Å². The molecule has 0 aliphatic heterocycles. The number of nitrogens with two attached hydrogens (primary N) is 1. The zero-order valence-electron chi connectivity index (χ0n) is 13.9. The van der Waals surface area contributed by atoms with Crippen molar-refractivity contribution in [3.05, 3.63) is 48.2 Å². The summed E-state index contributed by atoms with van der Waals surface area (Å²) in [6.45, 7) is 3.78. The highest BCUT2D eigenvalue weighted by atomic mass is 16.3. The van der Waals surface area contributed by atoms with Crippen LogP contribution < -0.4 is 5.73 Å². The molecule has 0 aliphatic rings. The van der Waals surface area contributed by atoms with Crippen molar-refractivity contribution in [3.8, 4) is 28.8 Å². The van der Waals surface area contributed by atoms with Crippen LogP contribution in [0.3, 0.4) is 0 Å². The molecule has 0 unspecified atom stereocenters. The molecular formula is C18H17N5O2. The second-order valence-electron chi connectivity index (χ2n) is 6.00. The monoisotopic (exact) mass is 335 g/mol. The molecule has 1 aromatic carbocycles. The fourth-order valence-electron chi connectivity index (χ4n) is 2.71. The third kappa shape index (κ3) is 3.15. The molecule has 126 valence electrons. The number of rotatable bonds is 5. The van der Waals surface area contributed by atoms with Gasteiger partial charge in [-0.25, -0.2) is 4.68 Å². The van der Waals surface area contributed by atoms with Crippen molar-refractivity contribution in [2.45, 2.75) is 19.9 Å². The van der Waals surface area contributed by atoms with E-state index in [2.05, 4.69) is 16.4 Å². The summed E-state index contributed by atoms with van der Waals surface area (Å²) in [6.07, 6.45) is 1.63. The minimum absolute atomic E-state index is 0.0123.